The van der Waals surface area contributed by atoms with Gasteiger partial charge in [0.1, 0.15) is 21.5 Å². The Bertz CT molecular complexity index is 1260. The Morgan fingerprint density at radius 2 is 1.79 bits per heavy atom. The summed E-state index contributed by atoms with van der Waals surface area (Å²) in [6.07, 6.45) is 0.819. The van der Waals surface area contributed by atoms with Crippen LogP contribution in [0, 0.1) is 0 Å². The highest BCUT2D eigenvalue weighted by Crippen LogP contribution is 2.31. The van der Waals surface area contributed by atoms with E-state index in [0.29, 0.717) is 23.0 Å². The molecule has 9 heteroatoms. The van der Waals surface area contributed by atoms with Crippen molar-refractivity contribution in [3.8, 4) is 22.0 Å². The highest BCUT2D eigenvalue weighted by Gasteiger charge is 2.18. The Morgan fingerprint density at radius 3 is 2.53 bits per heavy atom. The van der Waals surface area contributed by atoms with Crippen molar-refractivity contribution in [2.24, 2.45) is 0 Å². The SMILES string of the molecule is CCc1nnc(-c2ccccc2NC(=O)c2cc(N(C)CCNC)nc(-c3ccccc3)n2)s1. The summed E-state index contributed by atoms with van der Waals surface area (Å²) < 4.78 is 0. The van der Waals surface area contributed by atoms with Gasteiger partial charge in [0, 0.05) is 37.3 Å². The summed E-state index contributed by atoms with van der Waals surface area (Å²) in [5, 5.41) is 16.4. The number of amides is 1. The Hall–Kier alpha value is -3.69. The minimum atomic E-state index is -0.310. The first-order valence-corrected chi connectivity index (χ1v) is 11.9. The third kappa shape index (κ3) is 5.44. The smallest absolute Gasteiger partial charge is 0.274 e. The predicted octanol–water partition coefficient (Wildman–Crippen LogP) is 4.13. The number of hydrogen-bond acceptors (Lipinski definition) is 8. The molecule has 0 atom stereocenters. The van der Waals surface area contributed by atoms with Crippen LogP contribution in [-0.2, 0) is 6.42 Å². The third-order valence-corrected chi connectivity index (χ3v) is 6.34. The fourth-order valence-corrected chi connectivity index (χ4v) is 4.15. The molecule has 0 aliphatic rings. The number of nitrogens with one attached hydrogen (secondary N) is 2. The number of carbonyl (C=O) groups excluding carboxylic acids is 1. The lowest BCUT2D eigenvalue weighted by atomic mass is 10.1. The van der Waals surface area contributed by atoms with Crippen LogP contribution in [-0.4, -0.2) is 53.3 Å². The second kappa shape index (κ2) is 11.0. The zero-order chi connectivity index (χ0) is 23.9. The lowest BCUT2D eigenvalue weighted by Crippen LogP contribution is -2.28. The lowest BCUT2D eigenvalue weighted by molar-refractivity contribution is 0.102. The number of benzene rings is 2. The van der Waals surface area contributed by atoms with E-state index >= 15 is 0 Å². The molecular formula is C25H27N7OS. The largest absolute Gasteiger partial charge is 0.358 e. The summed E-state index contributed by atoms with van der Waals surface area (Å²) in [5.41, 5.74) is 2.64. The van der Waals surface area contributed by atoms with Gasteiger partial charge in [-0.2, -0.15) is 0 Å². The maximum absolute atomic E-state index is 13.4. The molecular weight excluding hydrogens is 446 g/mol. The average molecular weight is 474 g/mol. The molecule has 2 heterocycles. The first kappa shape index (κ1) is 23.5. The molecule has 4 rings (SSSR count). The van der Waals surface area contributed by atoms with E-state index in [4.69, 9.17) is 4.98 Å². The van der Waals surface area contributed by atoms with Crippen molar-refractivity contribution in [2.75, 3.05) is 37.4 Å². The maximum atomic E-state index is 13.4. The van der Waals surface area contributed by atoms with Crippen molar-refractivity contribution >= 4 is 28.7 Å². The summed E-state index contributed by atoms with van der Waals surface area (Å²) >= 11 is 1.52. The molecule has 4 aromatic rings. The van der Waals surface area contributed by atoms with Crippen LogP contribution in [0.2, 0.25) is 0 Å². The molecule has 0 unspecified atom stereocenters. The van der Waals surface area contributed by atoms with Gasteiger partial charge in [0.25, 0.3) is 5.91 Å². The van der Waals surface area contributed by atoms with Crippen LogP contribution in [0.1, 0.15) is 22.4 Å². The number of aromatic nitrogens is 4. The van der Waals surface area contributed by atoms with Gasteiger partial charge in [-0.3, -0.25) is 4.79 Å². The van der Waals surface area contributed by atoms with E-state index in [1.165, 1.54) is 11.3 Å². The molecule has 0 bridgehead atoms. The van der Waals surface area contributed by atoms with E-state index in [0.717, 1.165) is 40.7 Å². The zero-order valence-corrected chi connectivity index (χ0v) is 20.3. The van der Waals surface area contributed by atoms with Crippen LogP contribution in [0.25, 0.3) is 22.0 Å². The molecule has 34 heavy (non-hydrogen) atoms. The molecule has 0 fully saturated rings. The number of nitrogens with zero attached hydrogens (tertiary/aromatic N) is 5. The molecule has 2 aromatic carbocycles. The number of para-hydroxylation sites is 1. The summed E-state index contributed by atoms with van der Waals surface area (Å²) in [7, 11) is 3.85. The second-order valence-electron chi connectivity index (χ2n) is 7.68. The molecule has 8 nitrogen and oxygen atoms in total. The number of carbonyl (C=O) groups is 1. The fourth-order valence-electron chi connectivity index (χ4n) is 3.33. The Kier molecular flexibility index (Phi) is 7.56. The molecule has 2 aromatic heterocycles. The van der Waals surface area contributed by atoms with Gasteiger partial charge < -0.3 is 15.5 Å². The Morgan fingerprint density at radius 1 is 1.03 bits per heavy atom. The zero-order valence-electron chi connectivity index (χ0n) is 19.4. The van der Waals surface area contributed by atoms with Gasteiger partial charge in [0.15, 0.2) is 5.82 Å². The molecule has 0 spiro atoms. The predicted molar refractivity (Wildman–Crippen MR) is 137 cm³/mol. The van der Waals surface area contributed by atoms with Crippen LogP contribution >= 0.6 is 11.3 Å². The van der Waals surface area contributed by atoms with Gasteiger partial charge in [0.2, 0.25) is 0 Å². The normalized spacial score (nSPS) is 10.8. The van der Waals surface area contributed by atoms with E-state index in [-0.39, 0.29) is 5.91 Å². The summed E-state index contributed by atoms with van der Waals surface area (Å²) in [4.78, 5) is 24.7. The second-order valence-corrected chi connectivity index (χ2v) is 8.74. The molecule has 0 radical (unpaired) electrons. The topological polar surface area (TPSA) is 95.9 Å². The minimum Gasteiger partial charge on any atom is -0.358 e. The van der Waals surface area contributed by atoms with Gasteiger partial charge >= 0.3 is 0 Å². The molecule has 0 aliphatic carbocycles. The third-order valence-electron chi connectivity index (χ3n) is 5.24. The molecule has 1 amide bonds. The van der Waals surface area contributed by atoms with Crippen molar-refractivity contribution in [1.82, 2.24) is 25.5 Å². The van der Waals surface area contributed by atoms with E-state index in [1.807, 2.05) is 80.5 Å². The van der Waals surface area contributed by atoms with Crippen LogP contribution in [0.4, 0.5) is 11.5 Å². The van der Waals surface area contributed by atoms with Gasteiger partial charge in [0.05, 0.1) is 5.69 Å². The molecule has 0 saturated carbocycles. The number of likely N-dealkylation sites (N-methyl/N-ethyl adjacent to an activating group) is 2. The Labute approximate surface area is 203 Å². The van der Waals surface area contributed by atoms with Gasteiger partial charge in [-0.05, 0) is 25.6 Å². The quantitative estimate of drug-likeness (QED) is 0.377. The van der Waals surface area contributed by atoms with Crippen molar-refractivity contribution in [3.05, 3.63) is 71.4 Å². The van der Waals surface area contributed by atoms with Crippen LogP contribution in [0.5, 0.6) is 0 Å². The van der Waals surface area contributed by atoms with Crippen LogP contribution in [0.15, 0.2) is 60.7 Å². The number of hydrogen-bond donors (Lipinski definition) is 2. The van der Waals surface area contributed by atoms with Gasteiger partial charge in [-0.1, -0.05) is 60.7 Å². The highest BCUT2D eigenvalue weighted by molar-refractivity contribution is 7.14. The van der Waals surface area contributed by atoms with E-state index in [9.17, 15) is 4.79 Å². The lowest BCUT2D eigenvalue weighted by Gasteiger charge is -2.19. The molecule has 174 valence electrons. The van der Waals surface area contributed by atoms with Crippen molar-refractivity contribution in [1.29, 1.82) is 0 Å². The summed E-state index contributed by atoms with van der Waals surface area (Å²) in [6, 6.07) is 19.0. The number of aryl methyl sites for hydroxylation is 1. The van der Waals surface area contributed by atoms with Gasteiger partial charge in [-0.15, -0.1) is 10.2 Å². The first-order valence-electron chi connectivity index (χ1n) is 11.1. The standard InChI is InChI=1S/C25H27N7OS/c1-4-22-30-31-25(34-22)18-12-8-9-13-19(18)28-24(33)20-16-21(32(3)15-14-26-2)29-23(27-20)17-10-6-5-7-11-17/h5-13,16,26H,4,14-15H2,1-3H3,(H,28,33). The highest BCUT2D eigenvalue weighted by atomic mass is 32.1. The first-order chi connectivity index (χ1) is 16.6. The molecule has 2 N–H and O–H groups in total. The summed E-state index contributed by atoms with van der Waals surface area (Å²) in [6.45, 7) is 3.57. The molecule has 0 aliphatic heterocycles. The molecule has 0 saturated heterocycles. The van der Waals surface area contributed by atoms with Crippen LogP contribution in [0.3, 0.4) is 0 Å². The Balaban J connectivity index is 1.68. The van der Waals surface area contributed by atoms with E-state index < -0.39 is 0 Å². The maximum Gasteiger partial charge on any atom is 0.274 e. The fraction of sp³-hybridized carbons (Fsp3) is 0.240. The van der Waals surface area contributed by atoms with Crippen molar-refractivity contribution in [2.45, 2.75) is 13.3 Å². The van der Waals surface area contributed by atoms with E-state index in [1.54, 1.807) is 6.07 Å². The van der Waals surface area contributed by atoms with Crippen LogP contribution < -0.4 is 15.5 Å². The number of rotatable bonds is 9. The minimum absolute atomic E-state index is 0.293. The monoisotopic (exact) mass is 473 g/mol. The number of anilines is 2. The van der Waals surface area contributed by atoms with Crippen molar-refractivity contribution in [3.63, 3.8) is 0 Å². The van der Waals surface area contributed by atoms with E-state index in [2.05, 4.69) is 25.8 Å². The van der Waals surface area contributed by atoms with Gasteiger partial charge in [-0.25, -0.2) is 9.97 Å². The average Bonchev–Trinajstić information content (AvgIpc) is 3.37. The summed E-state index contributed by atoms with van der Waals surface area (Å²) in [5.74, 6) is 0.874. The van der Waals surface area contributed by atoms with Crippen molar-refractivity contribution < 1.29 is 4.79 Å².